The Morgan fingerprint density at radius 2 is 1.90 bits per heavy atom. The second-order valence-electron chi connectivity index (χ2n) is 8.28. The van der Waals surface area contributed by atoms with Gasteiger partial charge in [-0.05, 0) is 65.4 Å². The molecule has 8 heteroatoms. The van der Waals surface area contributed by atoms with E-state index < -0.39 is 21.4 Å². The summed E-state index contributed by atoms with van der Waals surface area (Å²) in [6, 6.07) is 4.61. The number of hydrogen-bond donors (Lipinski definition) is 2. The van der Waals surface area contributed by atoms with Crippen molar-refractivity contribution < 1.29 is 18.5 Å². The summed E-state index contributed by atoms with van der Waals surface area (Å²) in [5.41, 5.74) is 1.36. The van der Waals surface area contributed by atoms with E-state index in [0.29, 0.717) is 16.7 Å². The molecule has 160 valence electrons. The van der Waals surface area contributed by atoms with E-state index in [0.717, 1.165) is 16.9 Å². The molecule has 1 amide bonds. The molecule has 1 heterocycles. The maximum Gasteiger partial charge on any atom is 0.259 e. The van der Waals surface area contributed by atoms with Crippen LogP contribution in [0.2, 0.25) is 0 Å². The number of carbonyl (C=O) groups excluding carboxylic acids is 1. The molecule has 1 atom stereocenters. The summed E-state index contributed by atoms with van der Waals surface area (Å²) in [4.78, 5) is 12.7. The summed E-state index contributed by atoms with van der Waals surface area (Å²) in [6.07, 6.45) is -0.170. The van der Waals surface area contributed by atoms with E-state index in [2.05, 4.69) is 4.36 Å². The molecule has 0 saturated carbocycles. The number of rotatable bonds is 6. The lowest BCUT2D eigenvalue weighted by Crippen LogP contribution is -2.17. The number of amides is 1. The van der Waals surface area contributed by atoms with Crippen LogP contribution in [-0.4, -0.2) is 15.2 Å². The first-order chi connectivity index (χ1) is 13.2. The Hall–Kier alpha value is -1.61. The van der Waals surface area contributed by atoms with Gasteiger partial charge in [-0.2, -0.15) is 0 Å². The highest BCUT2D eigenvalue weighted by Gasteiger charge is 2.23. The molecule has 0 unspecified atom stereocenters. The second kappa shape index (κ2) is 8.63. The van der Waals surface area contributed by atoms with Crippen LogP contribution < -0.4 is 5.14 Å². The van der Waals surface area contributed by atoms with Crippen LogP contribution >= 0.6 is 11.3 Å². The standard InChI is InChI=1S/C21H29FN2O3S2/c1-12(2)15-7-8-17(22)20(13(3)4)16(15)10-18(25)24-29(23,27)19-9-14(11-28-19)21(5,6)26/h7-9,11-13,26H,10H2,1-6H3,(H2,23,24,25,27)/t29-/m0/s1. The maximum absolute atomic E-state index is 14.5. The zero-order valence-corrected chi connectivity index (χ0v) is 19.3. The molecule has 5 nitrogen and oxygen atoms in total. The molecule has 1 aromatic carbocycles. The third kappa shape index (κ3) is 5.51. The molecule has 2 rings (SSSR count). The van der Waals surface area contributed by atoms with Crippen LogP contribution in [0.1, 0.15) is 75.6 Å². The van der Waals surface area contributed by atoms with Gasteiger partial charge in [0.05, 0.1) is 12.0 Å². The van der Waals surface area contributed by atoms with Crippen LogP contribution in [0.5, 0.6) is 0 Å². The normalized spacial score (nSPS) is 14.3. The van der Waals surface area contributed by atoms with E-state index in [9.17, 15) is 18.5 Å². The Kier molecular flexibility index (Phi) is 7.05. The van der Waals surface area contributed by atoms with Crippen molar-refractivity contribution in [2.24, 2.45) is 9.50 Å². The highest BCUT2D eigenvalue weighted by Crippen LogP contribution is 2.31. The molecule has 0 aliphatic heterocycles. The molecule has 0 aliphatic rings. The largest absolute Gasteiger partial charge is 0.386 e. The third-order valence-electron chi connectivity index (χ3n) is 4.68. The van der Waals surface area contributed by atoms with Gasteiger partial charge in [0.1, 0.15) is 10.0 Å². The highest BCUT2D eigenvalue weighted by molar-refractivity contribution is 7.93. The quantitative estimate of drug-likeness (QED) is 0.674. The fourth-order valence-corrected chi connectivity index (χ4v) is 5.54. The third-order valence-corrected chi connectivity index (χ3v) is 7.57. The van der Waals surface area contributed by atoms with Crippen molar-refractivity contribution >= 4 is 27.2 Å². The Labute approximate surface area is 176 Å². The SMILES string of the molecule is CC(C)c1ccc(F)c(C(C)C)c1CC(=O)N=[S@](N)(=O)c1cc(C(C)(C)O)cs1. The van der Waals surface area contributed by atoms with Gasteiger partial charge in [0.15, 0.2) is 9.92 Å². The monoisotopic (exact) mass is 440 g/mol. The number of hydrogen-bond acceptors (Lipinski definition) is 4. The highest BCUT2D eigenvalue weighted by atomic mass is 32.2. The molecule has 0 bridgehead atoms. The van der Waals surface area contributed by atoms with Crippen LogP contribution in [0.4, 0.5) is 4.39 Å². The maximum atomic E-state index is 14.5. The number of aliphatic hydroxyl groups is 1. The first-order valence-electron chi connectivity index (χ1n) is 9.44. The van der Waals surface area contributed by atoms with Crippen LogP contribution in [0, 0.1) is 5.82 Å². The van der Waals surface area contributed by atoms with Crippen molar-refractivity contribution in [1.82, 2.24) is 0 Å². The number of benzene rings is 1. The first kappa shape index (κ1) is 23.7. The van der Waals surface area contributed by atoms with Gasteiger partial charge >= 0.3 is 0 Å². The second-order valence-corrected chi connectivity index (χ2v) is 11.2. The van der Waals surface area contributed by atoms with Gasteiger partial charge in [-0.3, -0.25) is 4.79 Å². The fourth-order valence-electron chi connectivity index (χ4n) is 3.19. The van der Waals surface area contributed by atoms with Crippen LogP contribution in [0.3, 0.4) is 0 Å². The number of nitrogens with two attached hydrogens (primary N) is 1. The minimum Gasteiger partial charge on any atom is -0.386 e. The molecule has 1 aromatic heterocycles. The lowest BCUT2D eigenvalue weighted by atomic mass is 9.86. The minimum atomic E-state index is -3.46. The molecule has 0 spiro atoms. The van der Waals surface area contributed by atoms with E-state index in [1.807, 2.05) is 27.7 Å². The zero-order valence-electron chi connectivity index (χ0n) is 17.7. The Morgan fingerprint density at radius 1 is 1.28 bits per heavy atom. The molecular formula is C21H29FN2O3S2. The predicted molar refractivity (Wildman–Crippen MR) is 116 cm³/mol. The van der Waals surface area contributed by atoms with Gasteiger partial charge in [-0.25, -0.2) is 13.7 Å². The lowest BCUT2D eigenvalue weighted by Gasteiger charge is -2.19. The molecule has 0 saturated heterocycles. The van der Waals surface area contributed by atoms with Crippen molar-refractivity contribution in [3.63, 3.8) is 0 Å². The van der Waals surface area contributed by atoms with E-state index >= 15 is 0 Å². The van der Waals surface area contributed by atoms with E-state index in [4.69, 9.17) is 5.14 Å². The average molecular weight is 441 g/mol. The molecule has 0 aliphatic carbocycles. The lowest BCUT2D eigenvalue weighted by molar-refractivity contribution is -0.117. The zero-order chi connectivity index (χ0) is 22.1. The topological polar surface area (TPSA) is 92.8 Å². The van der Waals surface area contributed by atoms with Gasteiger partial charge < -0.3 is 5.11 Å². The number of thiophene rings is 1. The van der Waals surface area contributed by atoms with Crippen molar-refractivity contribution in [2.45, 2.75) is 69.6 Å². The molecule has 3 N–H and O–H groups in total. The smallest absolute Gasteiger partial charge is 0.259 e. The molecule has 0 radical (unpaired) electrons. The fraction of sp³-hybridized carbons (Fsp3) is 0.476. The van der Waals surface area contributed by atoms with E-state index in [-0.39, 0.29) is 28.3 Å². The molecule has 29 heavy (non-hydrogen) atoms. The van der Waals surface area contributed by atoms with E-state index in [1.165, 1.54) is 12.1 Å². The van der Waals surface area contributed by atoms with Gasteiger partial charge in [0, 0.05) is 0 Å². The summed E-state index contributed by atoms with van der Waals surface area (Å²) in [7, 11) is -3.46. The summed E-state index contributed by atoms with van der Waals surface area (Å²) >= 11 is 1.08. The number of carbonyl (C=O) groups is 1. The van der Waals surface area contributed by atoms with Crippen LogP contribution in [-0.2, 0) is 26.7 Å². The summed E-state index contributed by atoms with van der Waals surface area (Å²) in [5.74, 6) is -1.06. The summed E-state index contributed by atoms with van der Waals surface area (Å²) in [6.45, 7) is 10.9. The van der Waals surface area contributed by atoms with Crippen LogP contribution in [0.25, 0.3) is 0 Å². The molecule has 0 fully saturated rings. The number of nitrogens with zero attached hydrogens (tertiary/aromatic N) is 1. The van der Waals surface area contributed by atoms with Crippen molar-refractivity contribution in [2.75, 3.05) is 0 Å². The first-order valence-corrected chi connectivity index (χ1v) is 11.9. The Bertz CT molecular complexity index is 1030. The Morgan fingerprint density at radius 3 is 2.38 bits per heavy atom. The number of halogens is 1. The van der Waals surface area contributed by atoms with Gasteiger partial charge in [0.25, 0.3) is 5.91 Å². The minimum absolute atomic E-state index is 0.0878. The molecular weight excluding hydrogens is 411 g/mol. The molecule has 2 aromatic rings. The summed E-state index contributed by atoms with van der Waals surface area (Å²) in [5, 5.41) is 17.6. The van der Waals surface area contributed by atoms with Crippen molar-refractivity contribution in [3.05, 3.63) is 51.7 Å². The van der Waals surface area contributed by atoms with E-state index in [1.54, 1.807) is 25.3 Å². The van der Waals surface area contributed by atoms with Crippen LogP contribution in [0.15, 0.2) is 32.2 Å². The Balaban J connectivity index is 2.46. The van der Waals surface area contributed by atoms with Gasteiger partial charge in [-0.1, -0.05) is 33.8 Å². The average Bonchev–Trinajstić information content (AvgIpc) is 3.04. The van der Waals surface area contributed by atoms with Crippen molar-refractivity contribution in [3.8, 4) is 0 Å². The summed E-state index contributed by atoms with van der Waals surface area (Å²) < 4.78 is 31.3. The predicted octanol–water partition coefficient (Wildman–Crippen LogP) is 4.83. The van der Waals surface area contributed by atoms with Crippen molar-refractivity contribution in [1.29, 1.82) is 0 Å². The van der Waals surface area contributed by atoms with Gasteiger partial charge in [-0.15, -0.1) is 15.7 Å². The van der Waals surface area contributed by atoms with Gasteiger partial charge in [0.2, 0.25) is 0 Å².